The summed E-state index contributed by atoms with van der Waals surface area (Å²) in [5.74, 6) is -0.948. The van der Waals surface area contributed by atoms with Gasteiger partial charge >= 0.3 is 17.9 Å². The average molecular weight is 825 g/mol. The Morgan fingerprint density at radius 3 is 1.03 bits per heavy atom. The minimum Gasteiger partial charge on any atom is -0.462 e. The lowest BCUT2D eigenvalue weighted by Crippen LogP contribution is -2.30. The van der Waals surface area contributed by atoms with Crippen LogP contribution in [0, 0.1) is 0 Å². The smallest absolute Gasteiger partial charge is 0.306 e. The fourth-order valence-electron chi connectivity index (χ4n) is 6.83. The first kappa shape index (κ1) is 56.1. The van der Waals surface area contributed by atoms with Gasteiger partial charge in [0.15, 0.2) is 6.10 Å². The third kappa shape index (κ3) is 46.0. The minimum absolute atomic E-state index is 0.0891. The number of allylic oxidation sites excluding steroid dienone is 10. The highest BCUT2D eigenvalue weighted by atomic mass is 16.6. The summed E-state index contributed by atoms with van der Waals surface area (Å²) in [5.41, 5.74) is 0. The molecule has 6 heteroatoms. The van der Waals surface area contributed by atoms with Gasteiger partial charge in [0.25, 0.3) is 0 Å². The van der Waals surface area contributed by atoms with E-state index in [9.17, 15) is 14.4 Å². The molecule has 0 heterocycles. The van der Waals surface area contributed by atoms with Gasteiger partial charge in [0, 0.05) is 19.3 Å². The lowest BCUT2D eigenvalue weighted by Gasteiger charge is -2.18. The highest BCUT2D eigenvalue weighted by Crippen LogP contribution is 2.15. The van der Waals surface area contributed by atoms with Gasteiger partial charge in [-0.05, 0) is 57.8 Å². The Kier molecular flexibility index (Phi) is 45.4. The van der Waals surface area contributed by atoms with Crippen LogP contribution in [0.5, 0.6) is 0 Å². The molecule has 1 atom stereocenters. The molecule has 0 saturated carbocycles. The van der Waals surface area contributed by atoms with Crippen LogP contribution in [-0.2, 0) is 28.6 Å². The molecule has 59 heavy (non-hydrogen) atoms. The first-order valence-electron chi connectivity index (χ1n) is 24.8. The fourth-order valence-corrected chi connectivity index (χ4v) is 6.83. The zero-order chi connectivity index (χ0) is 43.0. The van der Waals surface area contributed by atoms with E-state index in [1.165, 1.54) is 116 Å². The van der Waals surface area contributed by atoms with Crippen molar-refractivity contribution in [3.63, 3.8) is 0 Å². The van der Waals surface area contributed by atoms with Gasteiger partial charge in [-0.3, -0.25) is 14.4 Å². The first-order valence-corrected chi connectivity index (χ1v) is 24.8. The van der Waals surface area contributed by atoms with Crippen molar-refractivity contribution >= 4 is 17.9 Å². The number of carbonyl (C=O) groups excluding carboxylic acids is 3. The van der Waals surface area contributed by atoms with Crippen LogP contribution in [0.4, 0.5) is 0 Å². The molecule has 0 aromatic rings. The van der Waals surface area contributed by atoms with E-state index in [1.807, 2.05) is 0 Å². The van der Waals surface area contributed by atoms with Gasteiger partial charge in [0.1, 0.15) is 13.2 Å². The number of ether oxygens (including phenoxy) is 3. The third-order valence-electron chi connectivity index (χ3n) is 10.5. The molecular weight excluding hydrogens is 733 g/mol. The second kappa shape index (κ2) is 47.8. The molecule has 6 nitrogen and oxygen atoms in total. The molecule has 0 unspecified atom stereocenters. The van der Waals surface area contributed by atoms with Crippen LogP contribution in [-0.4, -0.2) is 37.2 Å². The van der Waals surface area contributed by atoms with Crippen LogP contribution < -0.4 is 0 Å². The summed E-state index contributed by atoms with van der Waals surface area (Å²) in [5, 5.41) is 0. The predicted octanol–water partition coefficient (Wildman–Crippen LogP) is 16.1. The van der Waals surface area contributed by atoms with E-state index < -0.39 is 6.10 Å². The number of carbonyl (C=O) groups is 3. The monoisotopic (exact) mass is 825 g/mol. The van der Waals surface area contributed by atoms with Gasteiger partial charge in [0.05, 0.1) is 0 Å². The van der Waals surface area contributed by atoms with Crippen LogP contribution in [0.3, 0.4) is 0 Å². The van der Waals surface area contributed by atoms with Crippen LogP contribution in [0.15, 0.2) is 60.8 Å². The quantitative estimate of drug-likeness (QED) is 0.0263. The minimum atomic E-state index is -0.791. The van der Waals surface area contributed by atoms with Crippen molar-refractivity contribution in [2.75, 3.05) is 13.2 Å². The maximum Gasteiger partial charge on any atom is 0.306 e. The summed E-state index contributed by atoms with van der Waals surface area (Å²) in [6.07, 6.45) is 57.8. The Labute approximate surface area is 364 Å². The van der Waals surface area contributed by atoms with Gasteiger partial charge in [-0.2, -0.15) is 0 Å². The lowest BCUT2D eigenvalue weighted by molar-refractivity contribution is -0.167. The first-order chi connectivity index (χ1) is 29.0. The predicted molar refractivity (Wildman–Crippen MR) is 251 cm³/mol. The molecule has 0 spiro atoms. The molecule has 0 amide bonds. The Hall–Kier alpha value is -2.89. The Balaban J connectivity index is 4.41. The molecule has 0 radical (unpaired) electrons. The summed E-state index contributed by atoms with van der Waals surface area (Å²) in [4.78, 5) is 37.8. The molecule has 0 N–H and O–H groups in total. The van der Waals surface area contributed by atoms with Gasteiger partial charge in [-0.1, -0.05) is 223 Å². The van der Waals surface area contributed by atoms with Gasteiger partial charge in [-0.15, -0.1) is 0 Å². The number of hydrogen-bond donors (Lipinski definition) is 0. The molecule has 0 aliphatic carbocycles. The van der Waals surface area contributed by atoms with Crippen molar-refractivity contribution in [2.24, 2.45) is 0 Å². The van der Waals surface area contributed by atoms with E-state index in [0.29, 0.717) is 19.3 Å². The van der Waals surface area contributed by atoms with E-state index in [1.54, 1.807) is 0 Å². The molecule has 0 aliphatic heterocycles. The zero-order valence-corrected chi connectivity index (χ0v) is 38.8. The van der Waals surface area contributed by atoms with Crippen LogP contribution in [0.25, 0.3) is 0 Å². The number of esters is 3. The maximum absolute atomic E-state index is 12.8. The Morgan fingerprint density at radius 1 is 0.356 bits per heavy atom. The third-order valence-corrected chi connectivity index (χ3v) is 10.5. The fraction of sp³-hybridized carbons (Fsp3) is 0.755. The molecule has 0 saturated heterocycles. The second-order valence-electron chi connectivity index (χ2n) is 16.4. The van der Waals surface area contributed by atoms with Crippen molar-refractivity contribution in [1.82, 2.24) is 0 Å². The van der Waals surface area contributed by atoms with Crippen molar-refractivity contribution in [3.05, 3.63) is 60.8 Å². The summed E-state index contributed by atoms with van der Waals surface area (Å²) < 4.78 is 16.7. The van der Waals surface area contributed by atoms with Crippen LogP contribution >= 0.6 is 0 Å². The summed E-state index contributed by atoms with van der Waals surface area (Å²) in [6, 6.07) is 0. The Bertz CT molecular complexity index is 1090. The molecule has 0 aliphatic rings. The summed E-state index contributed by atoms with van der Waals surface area (Å²) in [7, 11) is 0. The SMILES string of the molecule is CC/C=C\C/C=C\C/C=C\C/C=C\C/C=C\CCCC(=O)OC[C@@H](COC(=O)CCCCCCCCCCC)OC(=O)CCCCCCCCCCCCCCCCC. The van der Waals surface area contributed by atoms with Gasteiger partial charge in [0.2, 0.25) is 0 Å². The molecular formula is C53H92O6. The van der Waals surface area contributed by atoms with E-state index in [0.717, 1.165) is 77.0 Å². The van der Waals surface area contributed by atoms with Crippen LogP contribution in [0.2, 0.25) is 0 Å². The average Bonchev–Trinajstić information content (AvgIpc) is 3.23. The number of hydrogen-bond acceptors (Lipinski definition) is 6. The highest BCUT2D eigenvalue weighted by molar-refractivity contribution is 5.71. The lowest BCUT2D eigenvalue weighted by atomic mass is 10.0. The van der Waals surface area contributed by atoms with Crippen molar-refractivity contribution in [2.45, 2.75) is 245 Å². The molecule has 0 aromatic heterocycles. The van der Waals surface area contributed by atoms with E-state index in [2.05, 4.69) is 81.5 Å². The topological polar surface area (TPSA) is 78.9 Å². The van der Waals surface area contributed by atoms with Crippen LogP contribution in [0.1, 0.15) is 239 Å². The van der Waals surface area contributed by atoms with E-state index in [-0.39, 0.29) is 37.5 Å². The van der Waals surface area contributed by atoms with Crippen molar-refractivity contribution in [1.29, 1.82) is 0 Å². The van der Waals surface area contributed by atoms with E-state index in [4.69, 9.17) is 14.2 Å². The zero-order valence-electron chi connectivity index (χ0n) is 38.8. The summed E-state index contributed by atoms with van der Waals surface area (Å²) >= 11 is 0. The number of rotatable bonds is 44. The van der Waals surface area contributed by atoms with Gasteiger partial charge in [-0.25, -0.2) is 0 Å². The molecule has 340 valence electrons. The molecule has 0 fully saturated rings. The molecule has 0 bridgehead atoms. The van der Waals surface area contributed by atoms with Crippen molar-refractivity contribution < 1.29 is 28.6 Å². The van der Waals surface area contributed by atoms with Gasteiger partial charge < -0.3 is 14.2 Å². The van der Waals surface area contributed by atoms with E-state index >= 15 is 0 Å². The number of unbranched alkanes of at least 4 members (excludes halogenated alkanes) is 23. The molecule has 0 rings (SSSR count). The highest BCUT2D eigenvalue weighted by Gasteiger charge is 2.19. The second-order valence-corrected chi connectivity index (χ2v) is 16.4. The normalized spacial score (nSPS) is 12.5. The molecule has 0 aromatic carbocycles. The summed E-state index contributed by atoms with van der Waals surface area (Å²) in [6.45, 7) is 6.46. The van der Waals surface area contributed by atoms with Crippen molar-refractivity contribution in [3.8, 4) is 0 Å². The maximum atomic E-state index is 12.8. The largest absolute Gasteiger partial charge is 0.462 e. The Morgan fingerprint density at radius 2 is 0.661 bits per heavy atom. The standard InChI is InChI=1S/C53H92O6/c1-4-7-10-13-16-19-21-23-25-26-28-29-31-34-37-40-43-46-52(55)58-49-50(48-57-51(54)45-42-39-36-33-18-15-12-9-6-3)59-53(56)47-44-41-38-35-32-30-27-24-22-20-17-14-11-8-5-2/h7,10,16,19,23,25,28-29,34,37,50H,4-6,8-9,11-15,17-18,20-22,24,26-27,30-33,35-36,38-49H2,1-3H3/b10-7-,19-16-,25-23-,29-28-,37-34-/t50-/m1/s1.